The van der Waals surface area contributed by atoms with Crippen molar-refractivity contribution in [3.05, 3.63) is 41.5 Å². The van der Waals surface area contributed by atoms with Crippen LogP contribution >= 0.6 is 0 Å². The number of benzene rings is 1. The molecule has 0 saturated heterocycles. The van der Waals surface area contributed by atoms with Crippen molar-refractivity contribution in [2.24, 2.45) is 0 Å². The molecule has 1 aromatic heterocycles. The molecule has 112 valence electrons. The Kier molecular flexibility index (Phi) is 4.47. The van der Waals surface area contributed by atoms with Crippen molar-refractivity contribution >= 4 is 5.91 Å². The van der Waals surface area contributed by atoms with Crippen LogP contribution in [-0.4, -0.2) is 30.1 Å². The molecule has 6 heteroatoms. The molecule has 0 fully saturated rings. The number of hydrogen-bond donors (Lipinski definition) is 2. The van der Waals surface area contributed by atoms with Crippen LogP contribution in [0.3, 0.4) is 0 Å². The first-order chi connectivity index (χ1) is 10.1. The lowest BCUT2D eigenvalue weighted by Gasteiger charge is -2.15. The van der Waals surface area contributed by atoms with E-state index in [1.165, 1.54) is 14.2 Å². The number of hydrogen-bond acceptors (Lipinski definition) is 4. The lowest BCUT2D eigenvalue weighted by molar-refractivity contribution is 0.0932. The predicted molar refractivity (Wildman–Crippen MR) is 78.8 cm³/mol. The molecule has 1 atom stereocenters. The average Bonchev–Trinajstić information content (AvgIpc) is 2.92. The van der Waals surface area contributed by atoms with E-state index in [-0.39, 0.29) is 11.9 Å². The Labute approximate surface area is 123 Å². The van der Waals surface area contributed by atoms with Gasteiger partial charge in [-0.25, -0.2) is 4.98 Å². The summed E-state index contributed by atoms with van der Waals surface area (Å²) in [6, 6.07) is 4.97. The molecule has 2 aromatic rings. The molecule has 0 aliphatic carbocycles. The molecule has 0 saturated carbocycles. The van der Waals surface area contributed by atoms with E-state index in [2.05, 4.69) is 15.3 Å². The van der Waals surface area contributed by atoms with E-state index in [0.717, 1.165) is 5.69 Å². The number of methoxy groups -OCH3 is 2. The Morgan fingerprint density at radius 2 is 1.90 bits per heavy atom. The molecular formula is C15H19N3O3. The van der Waals surface area contributed by atoms with Crippen LogP contribution in [0.25, 0.3) is 0 Å². The maximum atomic E-state index is 12.5. The van der Waals surface area contributed by atoms with Gasteiger partial charge in [-0.05, 0) is 26.0 Å². The van der Waals surface area contributed by atoms with Crippen molar-refractivity contribution in [2.45, 2.75) is 19.9 Å². The molecular weight excluding hydrogens is 270 g/mol. The van der Waals surface area contributed by atoms with Crippen LogP contribution in [0, 0.1) is 6.92 Å². The molecule has 1 heterocycles. The highest BCUT2D eigenvalue weighted by Gasteiger charge is 2.21. The number of aromatic amines is 1. The fourth-order valence-electron chi connectivity index (χ4n) is 2.07. The van der Waals surface area contributed by atoms with Gasteiger partial charge in [0.1, 0.15) is 22.9 Å². The first-order valence-corrected chi connectivity index (χ1v) is 6.60. The number of aromatic nitrogens is 2. The first-order valence-electron chi connectivity index (χ1n) is 6.60. The monoisotopic (exact) mass is 289 g/mol. The van der Waals surface area contributed by atoms with E-state index in [0.29, 0.717) is 22.9 Å². The minimum atomic E-state index is -0.272. The number of nitrogens with one attached hydrogen (secondary N) is 2. The molecule has 0 aliphatic heterocycles. The van der Waals surface area contributed by atoms with E-state index >= 15 is 0 Å². The highest BCUT2D eigenvalue weighted by molar-refractivity contribution is 5.99. The topological polar surface area (TPSA) is 76.2 Å². The van der Waals surface area contributed by atoms with Gasteiger partial charge >= 0.3 is 0 Å². The summed E-state index contributed by atoms with van der Waals surface area (Å²) < 4.78 is 10.5. The Balaban J connectivity index is 2.24. The minimum absolute atomic E-state index is 0.249. The molecule has 2 N–H and O–H groups in total. The number of H-pyrrole nitrogens is 1. The zero-order valence-electron chi connectivity index (χ0n) is 12.6. The fourth-order valence-corrected chi connectivity index (χ4v) is 2.07. The van der Waals surface area contributed by atoms with E-state index in [9.17, 15) is 4.79 Å². The molecule has 0 bridgehead atoms. The second kappa shape index (κ2) is 6.30. The van der Waals surface area contributed by atoms with Crippen molar-refractivity contribution in [3.8, 4) is 11.5 Å². The summed E-state index contributed by atoms with van der Waals surface area (Å²) in [4.78, 5) is 19.8. The summed E-state index contributed by atoms with van der Waals surface area (Å²) in [5.74, 6) is 1.37. The molecule has 6 nitrogen and oxygen atoms in total. The molecule has 0 radical (unpaired) electrons. The quantitative estimate of drug-likeness (QED) is 0.885. The minimum Gasteiger partial charge on any atom is -0.496 e. The van der Waals surface area contributed by atoms with E-state index in [1.54, 1.807) is 24.4 Å². The molecule has 0 spiro atoms. The maximum absolute atomic E-state index is 12.5. The number of imidazole rings is 1. The van der Waals surface area contributed by atoms with Gasteiger partial charge in [-0.2, -0.15) is 0 Å². The van der Waals surface area contributed by atoms with Crippen LogP contribution in [-0.2, 0) is 0 Å². The summed E-state index contributed by atoms with van der Waals surface area (Å²) in [5.41, 5.74) is 1.32. The zero-order chi connectivity index (χ0) is 15.4. The zero-order valence-corrected chi connectivity index (χ0v) is 12.6. The van der Waals surface area contributed by atoms with Gasteiger partial charge < -0.3 is 19.8 Å². The van der Waals surface area contributed by atoms with Gasteiger partial charge in [0.05, 0.1) is 20.3 Å². The largest absolute Gasteiger partial charge is 0.496 e. The van der Waals surface area contributed by atoms with Crippen molar-refractivity contribution in [1.29, 1.82) is 0 Å². The molecule has 1 amide bonds. The molecule has 2 rings (SSSR count). The summed E-state index contributed by atoms with van der Waals surface area (Å²) in [6.07, 6.45) is 1.72. The molecule has 0 aliphatic rings. The predicted octanol–water partition coefficient (Wildman–Crippen LogP) is 2.23. The highest BCUT2D eigenvalue weighted by Crippen LogP contribution is 2.28. The number of carbonyl (C=O) groups is 1. The van der Waals surface area contributed by atoms with Gasteiger partial charge in [0.25, 0.3) is 5.91 Å². The third kappa shape index (κ3) is 3.16. The highest BCUT2D eigenvalue weighted by atomic mass is 16.5. The van der Waals surface area contributed by atoms with Crippen molar-refractivity contribution < 1.29 is 14.3 Å². The van der Waals surface area contributed by atoms with Gasteiger partial charge in [0.15, 0.2) is 0 Å². The summed E-state index contributed by atoms with van der Waals surface area (Å²) in [6.45, 7) is 3.77. The lowest BCUT2D eigenvalue weighted by atomic mass is 10.1. The summed E-state index contributed by atoms with van der Waals surface area (Å²) >= 11 is 0. The number of ether oxygens (including phenoxy) is 2. The Morgan fingerprint density at radius 1 is 1.29 bits per heavy atom. The molecule has 1 unspecified atom stereocenters. The van der Waals surface area contributed by atoms with E-state index in [1.807, 2.05) is 13.8 Å². The SMILES string of the molecule is COc1cccc(OC)c1C(=O)NC(C)c1ncc(C)[nH]1. The third-order valence-corrected chi connectivity index (χ3v) is 3.14. The van der Waals surface area contributed by atoms with Gasteiger partial charge in [-0.3, -0.25) is 4.79 Å². The Hall–Kier alpha value is -2.50. The number of rotatable bonds is 5. The summed E-state index contributed by atoms with van der Waals surface area (Å²) in [7, 11) is 3.04. The van der Waals surface area contributed by atoms with Crippen LogP contribution in [0.2, 0.25) is 0 Å². The van der Waals surface area contributed by atoms with Gasteiger partial charge in [-0.15, -0.1) is 0 Å². The number of aryl methyl sites for hydroxylation is 1. The van der Waals surface area contributed by atoms with Crippen LogP contribution in [0.4, 0.5) is 0 Å². The van der Waals surface area contributed by atoms with Crippen LogP contribution in [0.5, 0.6) is 11.5 Å². The van der Waals surface area contributed by atoms with E-state index < -0.39 is 0 Å². The fraction of sp³-hybridized carbons (Fsp3) is 0.333. The van der Waals surface area contributed by atoms with Gasteiger partial charge in [0.2, 0.25) is 0 Å². The Morgan fingerprint density at radius 3 is 2.38 bits per heavy atom. The van der Waals surface area contributed by atoms with Gasteiger partial charge in [0, 0.05) is 11.9 Å². The summed E-state index contributed by atoms with van der Waals surface area (Å²) in [5, 5.41) is 2.88. The standard InChI is InChI=1S/C15H19N3O3/c1-9-8-16-14(17-9)10(2)18-15(19)13-11(20-3)6-5-7-12(13)21-4/h5-8,10H,1-4H3,(H,16,17)(H,18,19). The lowest BCUT2D eigenvalue weighted by Crippen LogP contribution is -2.28. The van der Waals surface area contributed by atoms with Crippen LogP contribution in [0.1, 0.15) is 34.8 Å². The maximum Gasteiger partial charge on any atom is 0.259 e. The smallest absolute Gasteiger partial charge is 0.259 e. The normalized spacial score (nSPS) is 11.8. The van der Waals surface area contributed by atoms with Crippen LogP contribution in [0.15, 0.2) is 24.4 Å². The van der Waals surface area contributed by atoms with E-state index in [4.69, 9.17) is 9.47 Å². The first kappa shape index (κ1) is 14.9. The second-order valence-electron chi connectivity index (χ2n) is 4.68. The molecule has 21 heavy (non-hydrogen) atoms. The van der Waals surface area contributed by atoms with Gasteiger partial charge in [-0.1, -0.05) is 6.07 Å². The molecule has 1 aromatic carbocycles. The Bertz CT molecular complexity index is 615. The van der Waals surface area contributed by atoms with Crippen molar-refractivity contribution in [1.82, 2.24) is 15.3 Å². The van der Waals surface area contributed by atoms with Crippen molar-refractivity contribution in [3.63, 3.8) is 0 Å². The average molecular weight is 289 g/mol. The number of nitrogens with zero attached hydrogens (tertiary/aromatic N) is 1. The third-order valence-electron chi connectivity index (χ3n) is 3.14. The number of amides is 1. The van der Waals surface area contributed by atoms with Crippen molar-refractivity contribution in [2.75, 3.05) is 14.2 Å². The van der Waals surface area contributed by atoms with Crippen LogP contribution < -0.4 is 14.8 Å². The second-order valence-corrected chi connectivity index (χ2v) is 4.68. The number of carbonyl (C=O) groups excluding carboxylic acids is 1.